The molecule has 0 spiro atoms. The molecule has 0 fully saturated rings. The molecule has 2 heteroatoms. The molecule has 0 N–H and O–H groups in total. The predicted molar refractivity (Wildman–Crippen MR) is 56.9 cm³/mol. The Morgan fingerprint density at radius 1 is 1.25 bits per heavy atom. The summed E-state index contributed by atoms with van der Waals surface area (Å²) in [5.74, 6) is 0.826. The van der Waals surface area contributed by atoms with E-state index in [9.17, 15) is 0 Å². The van der Waals surface area contributed by atoms with E-state index in [0.29, 0.717) is 0 Å². The van der Waals surface area contributed by atoms with Gasteiger partial charge in [0.05, 0.1) is 0 Å². The number of hydrogen-bond donors (Lipinski definition) is 0. The van der Waals surface area contributed by atoms with Crippen molar-refractivity contribution in [3.05, 3.63) is 0 Å². The zero-order chi connectivity index (χ0) is 9.56. The Kier molecular flexibility index (Phi) is 6.87. The molecule has 1 unspecified atom stereocenters. The van der Waals surface area contributed by atoms with E-state index in [1.54, 1.807) is 0 Å². The van der Waals surface area contributed by atoms with Gasteiger partial charge >= 0.3 is 0 Å². The average Bonchev–Trinajstić information content (AvgIpc) is 1.84. The topological polar surface area (TPSA) is 3.24 Å². The van der Waals surface area contributed by atoms with E-state index in [0.717, 1.165) is 12.5 Å². The van der Waals surface area contributed by atoms with Crippen molar-refractivity contribution >= 4 is 11.6 Å². The molecule has 0 aromatic heterocycles. The van der Waals surface area contributed by atoms with Gasteiger partial charge in [-0.15, -0.1) is 11.6 Å². The molecule has 0 aromatic rings. The molecule has 1 atom stereocenters. The van der Waals surface area contributed by atoms with Crippen LogP contribution in [0.1, 0.15) is 33.6 Å². The number of alkyl halides is 1. The van der Waals surface area contributed by atoms with Gasteiger partial charge in [-0.1, -0.05) is 13.8 Å². The molecule has 0 aliphatic carbocycles. The second kappa shape index (κ2) is 6.73. The first-order valence-electron chi connectivity index (χ1n) is 4.85. The Morgan fingerprint density at radius 2 is 1.83 bits per heavy atom. The third-order valence-corrected chi connectivity index (χ3v) is 2.02. The van der Waals surface area contributed by atoms with Crippen LogP contribution < -0.4 is 0 Å². The summed E-state index contributed by atoms with van der Waals surface area (Å²) in [7, 11) is 2.14. The normalized spacial score (nSPS) is 14.2. The van der Waals surface area contributed by atoms with Gasteiger partial charge in [-0.05, 0) is 39.3 Å². The fourth-order valence-electron chi connectivity index (χ4n) is 1.29. The molecule has 0 aromatic carbocycles. The Hall–Kier alpha value is 0.250. The third kappa shape index (κ3) is 8.35. The quantitative estimate of drug-likeness (QED) is 0.584. The van der Waals surface area contributed by atoms with E-state index in [2.05, 4.69) is 25.8 Å². The predicted octanol–water partition coefficient (Wildman–Crippen LogP) is 2.98. The van der Waals surface area contributed by atoms with Crippen LogP contribution in [-0.4, -0.2) is 30.4 Å². The maximum Gasteiger partial charge on any atom is 0.0434 e. The lowest BCUT2D eigenvalue weighted by Gasteiger charge is -2.18. The number of hydrogen-bond acceptors (Lipinski definition) is 1. The molecular formula is C10H22ClN. The average molecular weight is 192 g/mol. The van der Waals surface area contributed by atoms with Crippen molar-refractivity contribution in [2.75, 3.05) is 20.1 Å². The molecule has 0 bridgehead atoms. The summed E-state index contributed by atoms with van der Waals surface area (Å²) in [6, 6.07) is 0. The highest BCUT2D eigenvalue weighted by molar-refractivity contribution is 6.20. The first kappa shape index (κ1) is 12.2. The van der Waals surface area contributed by atoms with E-state index in [-0.39, 0.29) is 5.38 Å². The van der Waals surface area contributed by atoms with E-state index in [4.69, 9.17) is 11.6 Å². The highest BCUT2D eigenvalue weighted by Crippen LogP contribution is 2.05. The van der Waals surface area contributed by atoms with Crippen molar-refractivity contribution in [2.45, 2.75) is 39.0 Å². The van der Waals surface area contributed by atoms with Crippen molar-refractivity contribution < 1.29 is 0 Å². The lowest BCUT2D eigenvalue weighted by Crippen LogP contribution is -2.25. The summed E-state index contributed by atoms with van der Waals surface area (Å²) in [5, 5.41) is 0.272. The second-order valence-electron chi connectivity index (χ2n) is 4.08. The van der Waals surface area contributed by atoms with Gasteiger partial charge in [0.2, 0.25) is 0 Å². The summed E-state index contributed by atoms with van der Waals surface area (Å²) in [4.78, 5) is 2.31. The van der Waals surface area contributed by atoms with Crippen LogP contribution in [-0.2, 0) is 0 Å². The van der Waals surface area contributed by atoms with Gasteiger partial charge in [-0.2, -0.15) is 0 Å². The van der Waals surface area contributed by atoms with Crippen molar-refractivity contribution in [2.24, 2.45) is 5.92 Å². The van der Waals surface area contributed by atoms with Gasteiger partial charge in [-0.3, -0.25) is 0 Å². The summed E-state index contributed by atoms with van der Waals surface area (Å²) in [6.07, 6.45) is 2.61. The highest BCUT2D eigenvalue weighted by atomic mass is 35.5. The molecule has 0 rings (SSSR count). The molecule has 0 radical (unpaired) electrons. The van der Waals surface area contributed by atoms with Crippen LogP contribution in [0, 0.1) is 5.92 Å². The third-order valence-electron chi connectivity index (χ3n) is 1.88. The SMILES string of the molecule is CC(C)CCCN(C)CC(C)Cl. The molecule has 0 saturated heterocycles. The number of rotatable bonds is 6. The van der Waals surface area contributed by atoms with Crippen molar-refractivity contribution in [1.82, 2.24) is 4.90 Å². The second-order valence-corrected chi connectivity index (χ2v) is 4.82. The summed E-state index contributed by atoms with van der Waals surface area (Å²) >= 11 is 5.87. The largest absolute Gasteiger partial charge is 0.305 e. The van der Waals surface area contributed by atoms with Crippen LogP contribution >= 0.6 is 11.6 Å². The summed E-state index contributed by atoms with van der Waals surface area (Å²) < 4.78 is 0. The van der Waals surface area contributed by atoms with Crippen LogP contribution in [0.4, 0.5) is 0 Å². The summed E-state index contributed by atoms with van der Waals surface area (Å²) in [6.45, 7) is 8.75. The Bertz CT molecular complexity index is 102. The van der Waals surface area contributed by atoms with Crippen LogP contribution in [0.2, 0.25) is 0 Å². The van der Waals surface area contributed by atoms with Gasteiger partial charge in [0, 0.05) is 11.9 Å². The van der Waals surface area contributed by atoms with Crippen LogP contribution in [0.25, 0.3) is 0 Å². The van der Waals surface area contributed by atoms with E-state index < -0.39 is 0 Å². The molecule has 74 valence electrons. The lowest BCUT2D eigenvalue weighted by molar-refractivity contribution is 0.320. The molecule has 1 nitrogen and oxygen atoms in total. The smallest absolute Gasteiger partial charge is 0.0434 e. The van der Waals surface area contributed by atoms with Crippen LogP contribution in [0.5, 0.6) is 0 Å². The molecule has 12 heavy (non-hydrogen) atoms. The van der Waals surface area contributed by atoms with Crippen LogP contribution in [0.15, 0.2) is 0 Å². The van der Waals surface area contributed by atoms with E-state index in [1.807, 2.05) is 6.92 Å². The van der Waals surface area contributed by atoms with Crippen molar-refractivity contribution in [3.8, 4) is 0 Å². The summed E-state index contributed by atoms with van der Waals surface area (Å²) in [5.41, 5.74) is 0. The van der Waals surface area contributed by atoms with Crippen molar-refractivity contribution in [3.63, 3.8) is 0 Å². The van der Waals surface area contributed by atoms with Gasteiger partial charge in [0.1, 0.15) is 0 Å². The number of halogens is 1. The molecule has 0 saturated carbocycles. The van der Waals surface area contributed by atoms with Gasteiger partial charge < -0.3 is 4.90 Å². The lowest BCUT2D eigenvalue weighted by atomic mass is 10.1. The maximum absolute atomic E-state index is 5.87. The molecular weight excluding hydrogens is 170 g/mol. The standard InChI is InChI=1S/C10H22ClN/c1-9(2)6-5-7-12(4)8-10(3)11/h9-10H,5-8H2,1-4H3. The van der Waals surface area contributed by atoms with E-state index >= 15 is 0 Å². The number of nitrogens with zero attached hydrogens (tertiary/aromatic N) is 1. The van der Waals surface area contributed by atoms with Gasteiger partial charge in [-0.25, -0.2) is 0 Å². The van der Waals surface area contributed by atoms with Gasteiger partial charge in [0.25, 0.3) is 0 Å². The fraction of sp³-hybridized carbons (Fsp3) is 1.00. The minimum atomic E-state index is 0.272. The Labute approximate surface area is 82.1 Å². The molecule has 0 heterocycles. The minimum Gasteiger partial charge on any atom is -0.305 e. The zero-order valence-electron chi connectivity index (χ0n) is 8.81. The Morgan fingerprint density at radius 3 is 2.25 bits per heavy atom. The first-order valence-corrected chi connectivity index (χ1v) is 5.28. The molecule has 0 aliphatic heterocycles. The monoisotopic (exact) mass is 191 g/mol. The van der Waals surface area contributed by atoms with Crippen molar-refractivity contribution in [1.29, 1.82) is 0 Å². The van der Waals surface area contributed by atoms with Gasteiger partial charge in [0.15, 0.2) is 0 Å². The van der Waals surface area contributed by atoms with Crippen LogP contribution in [0.3, 0.4) is 0 Å². The minimum absolute atomic E-state index is 0.272. The van der Waals surface area contributed by atoms with E-state index in [1.165, 1.54) is 19.4 Å². The fourth-order valence-corrected chi connectivity index (χ4v) is 1.53. The first-order chi connectivity index (χ1) is 5.52. The highest BCUT2D eigenvalue weighted by Gasteiger charge is 2.02. The Balaban J connectivity index is 3.25. The molecule has 0 aliphatic rings. The maximum atomic E-state index is 5.87. The zero-order valence-corrected chi connectivity index (χ0v) is 9.56. The molecule has 0 amide bonds.